The summed E-state index contributed by atoms with van der Waals surface area (Å²) in [6.07, 6.45) is 2.81. The van der Waals surface area contributed by atoms with Gasteiger partial charge in [-0.1, -0.05) is 6.07 Å². The van der Waals surface area contributed by atoms with E-state index in [-0.39, 0.29) is 23.8 Å². The minimum absolute atomic E-state index is 0.0461. The van der Waals surface area contributed by atoms with Crippen LogP contribution >= 0.6 is 0 Å². The van der Waals surface area contributed by atoms with E-state index in [0.29, 0.717) is 43.9 Å². The SMILES string of the molecule is O=C(NCc1ccccn1)c1n[nH]c2c1CCN(C(=O)CCc1cc(=O)[nH]o1)C2. The predicted octanol–water partition coefficient (Wildman–Crippen LogP) is 0.534. The quantitative estimate of drug-likeness (QED) is 0.556. The minimum atomic E-state index is -0.318. The number of nitrogens with one attached hydrogen (secondary N) is 3. The molecule has 4 rings (SSSR count). The Morgan fingerprint density at radius 1 is 1.31 bits per heavy atom. The number of aryl methyl sites for hydroxylation is 1. The fourth-order valence-corrected chi connectivity index (χ4v) is 3.31. The fraction of sp³-hybridized carbons (Fsp3) is 0.316. The highest BCUT2D eigenvalue weighted by Gasteiger charge is 2.27. The molecule has 0 aromatic carbocycles. The number of aromatic nitrogens is 4. The van der Waals surface area contributed by atoms with E-state index in [1.807, 2.05) is 18.2 Å². The molecule has 3 aromatic heterocycles. The molecule has 29 heavy (non-hydrogen) atoms. The molecule has 3 aromatic rings. The van der Waals surface area contributed by atoms with Crippen molar-refractivity contribution in [1.29, 1.82) is 0 Å². The Morgan fingerprint density at radius 2 is 2.21 bits per heavy atom. The average molecular weight is 396 g/mol. The summed E-state index contributed by atoms with van der Waals surface area (Å²) >= 11 is 0. The Balaban J connectivity index is 1.34. The number of pyridine rings is 1. The predicted molar refractivity (Wildman–Crippen MR) is 101 cm³/mol. The highest BCUT2D eigenvalue weighted by atomic mass is 16.5. The molecule has 0 aliphatic carbocycles. The largest absolute Gasteiger partial charge is 0.384 e. The van der Waals surface area contributed by atoms with Crippen molar-refractivity contribution in [3.63, 3.8) is 0 Å². The van der Waals surface area contributed by atoms with E-state index in [1.165, 1.54) is 6.07 Å². The maximum Gasteiger partial charge on any atom is 0.280 e. The smallest absolute Gasteiger partial charge is 0.280 e. The standard InChI is InChI=1S/C19H20N6O4/c26-16-9-13(29-24-16)4-5-17(27)25-8-6-14-15(11-25)22-23-18(14)19(28)21-10-12-3-1-2-7-20-12/h1-3,7,9H,4-6,8,10-11H2,(H,21,28)(H,22,23)(H,24,26). The minimum Gasteiger partial charge on any atom is -0.384 e. The van der Waals surface area contributed by atoms with Gasteiger partial charge in [-0.25, -0.2) is 0 Å². The van der Waals surface area contributed by atoms with Crippen LogP contribution in [0, 0.1) is 0 Å². The van der Waals surface area contributed by atoms with Crippen LogP contribution in [0.15, 0.2) is 39.8 Å². The fourth-order valence-electron chi connectivity index (χ4n) is 3.31. The number of carbonyl (C=O) groups is 2. The number of aromatic amines is 2. The second kappa shape index (κ2) is 8.13. The number of hydrogen-bond acceptors (Lipinski definition) is 6. The van der Waals surface area contributed by atoms with Crippen LogP contribution in [0.4, 0.5) is 0 Å². The number of nitrogens with zero attached hydrogens (tertiary/aromatic N) is 3. The molecule has 4 heterocycles. The number of rotatable bonds is 6. The molecular formula is C19H20N6O4. The van der Waals surface area contributed by atoms with Crippen LogP contribution in [-0.2, 0) is 30.7 Å². The van der Waals surface area contributed by atoms with Gasteiger partial charge in [0.2, 0.25) is 5.91 Å². The van der Waals surface area contributed by atoms with Crippen molar-refractivity contribution < 1.29 is 14.1 Å². The molecule has 1 aliphatic heterocycles. The molecule has 1 aliphatic rings. The third-order valence-electron chi connectivity index (χ3n) is 4.82. The molecule has 0 unspecified atom stereocenters. The lowest BCUT2D eigenvalue weighted by Gasteiger charge is -2.26. The van der Waals surface area contributed by atoms with E-state index < -0.39 is 0 Å². The van der Waals surface area contributed by atoms with Crippen LogP contribution in [0.1, 0.15) is 39.6 Å². The van der Waals surface area contributed by atoms with Crippen molar-refractivity contribution in [3.05, 3.63) is 69.2 Å². The summed E-state index contributed by atoms with van der Waals surface area (Å²) in [6.45, 7) is 1.19. The van der Waals surface area contributed by atoms with Crippen LogP contribution in [0.3, 0.4) is 0 Å². The van der Waals surface area contributed by atoms with Gasteiger partial charge in [-0.15, -0.1) is 0 Å². The molecule has 0 radical (unpaired) electrons. The molecule has 0 bridgehead atoms. The second-order valence-electron chi connectivity index (χ2n) is 6.78. The molecule has 0 atom stereocenters. The number of fused-ring (bicyclic) bond motifs is 1. The van der Waals surface area contributed by atoms with Gasteiger partial charge in [0.25, 0.3) is 11.5 Å². The number of hydrogen-bond donors (Lipinski definition) is 3. The van der Waals surface area contributed by atoms with Crippen molar-refractivity contribution in [2.45, 2.75) is 32.4 Å². The van der Waals surface area contributed by atoms with Crippen LogP contribution in [0.2, 0.25) is 0 Å². The second-order valence-corrected chi connectivity index (χ2v) is 6.78. The molecule has 0 saturated carbocycles. The molecule has 2 amide bonds. The summed E-state index contributed by atoms with van der Waals surface area (Å²) in [5.74, 6) is 0.139. The number of carbonyl (C=O) groups excluding carboxylic acids is 2. The lowest BCUT2D eigenvalue weighted by atomic mass is 10.0. The highest BCUT2D eigenvalue weighted by Crippen LogP contribution is 2.21. The molecular weight excluding hydrogens is 376 g/mol. The first-order valence-electron chi connectivity index (χ1n) is 9.29. The van der Waals surface area contributed by atoms with Gasteiger partial charge in [-0.05, 0) is 18.6 Å². The van der Waals surface area contributed by atoms with E-state index in [4.69, 9.17) is 4.52 Å². The van der Waals surface area contributed by atoms with Crippen LogP contribution in [-0.4, -0.2) is 43.6 Å². The van der Waals surface area contributed by atoms with E-state index >= 15 is 0 Å². The third-order valence-corrected chi connectivity index (χ3v) is 4.82. The Morgan fingerprint density at radius 3 is 2.97 bits per heavy atom. The lowest BCUT2D eigenvalue weighted by Crippen LogP contribution is -2.36. The normalized spacial score (nSPS) is 13.2. The highest BCUT2D eigenvalue weighted by molar-refractivity contribution is 5.94. The summed E-state index contributed by atoms with van der Waals surface area (Å²) in [5.41, 5.74) is 2.41. The van der Waals surface area contributed by atoms with Gasteiger partial charge in [0.1, 0.15) is 5.76 Å². The van der Waals surface area contributed by atoms with Gasteiger partial charge in [-0.2, -0.15) is 10.3 Å². The van der Waals surface area contributed by atoms with Gasteiger partial charge >= 0.3 is 0 Å². The first kappa shape index (κ1) is 18.7. The van der Waals surface area contributed by atoms with E-state index in [1.54, 1.807) is 11.1 Å². The van der Waals surface area contributed by atoms with Gasteiger partial charge in [0, 0.05) is 37.2 Å². The maximum absolute atomic E-state index is 12.5. The van der Waals surface area contributed by atoms with Gasteiger partial charge < -0.3 is 14.7 Å². The molecule has 3 N–H and O–H groups in total. The van der Waals surface area contributed by atoms with Crippen molar-refractivity contribution >= 4 is 11.8 Å². The monoisotopic (exact) mass is 396 g/mol. The summed E-state index contributed by atoms with van der Waals surface area (Å²) in [5, 5.41) is 12.1. The van der Waals surface area contributed by atoms with Gasteiger partial charge in [0.15, 0.2) is 5.69 Å². The summed E-state index contributed by atoms with van der Waals surface area (Å²) in [6, 6.07) is 6.85. The van der Waals surface area contributed by atoms with Crippen LogP contribution in [0.25, 0.3) is 0 Å². The zero-order valence-corrected chi connectivity index (χ0v) is 15.6. The molecule has 150 valence electrons. The first-order valence-corrected chi connectivity index (χ1v) is 9.29. The Bertz CT molecular complexity index is 1070. The maximum atomic E-state index is 12.5. The molecule has 0 spiro atoms. The lowest BCUT2D eigenvalue weighted by molar-refractivity contribution is -0.132. The number of H-pyrrole nitrogens is 2. The zero-order chi connectivity index (χ0) is 20.2. The molecule has 0 saturated heterocycles. The van der Waals surface area contributed by atoms with Crippen LogP contribution < -0.4 is 10.9 Å². The number of amides is 2. The van der Waals surface area contributed by atoms with Crippen molar-refractivity contribution in [2.24, 2.45) is 0 Å². The first-order chi connectivity index (χ1) is 14.1. The Labute approximate surface area is 165 Å². The molecule has 0 fully saturated rings. The summed E-state index contributed by atoms with van der Waals surface area (Å²) in [4.78, 5) is 41.9. The van der Waals surface area contributed by atoms with Gasteiger partial charge in [0.05, 0.1) is 24.5 Å². The molecule has 10 heteroatoms. The molecule has 10 nitrogen and oxygen atoms in total. The van der Waals surface area contributed by atoms with Crippen molar-refractivity contribution in [3.8, 4) is 0 Å². The summed E-state index contributed by atoms with van der Waals surface area (Å²) < 4.78 is 4.97. The van der Waals surface area contributed by atoms with Crippen molar-refractivity contribution in [2.75, 3.05) is 6.54 Å². The topological polar surface area (TPSA) is 137 Å². The zero-order valence-electron chi connectivity index (χ0n) is 15.6. The van der Waals surface area contributed by atoms with E-state index in [9.17, 15) is 14.4 Å². The van der Waals surface area contributed by atoms with Crippen molar-refractivity contribution in [1.82, 2.24) is 30.6 Å². The summed E-state index contributed by atoms with van der Waals surface area (Å²) in [7, 11) is 0. The van der Waals surface area contributed by atoms with E-state index in [2.05, 4.69) is 25.7 Å². The third kappa shape index (κ3) is 4.26. The Hall–Kier alpha value is -3.69. The van der Waals surface area contributed by atoms with Crippen LogP contribution in [0.5, 0.6) is 0 Å². The Kier molecular flexibility index (Phi) is 5.23. The van der Waals surface area contributed by atoms with Gasteiger partial charge in [-0.3, -0.25) is 24.5 Å². The average Bonchev–Trinajstić information content (AvgIpc) is 3.36. The van der Waals surface area contributed by atoms with E-state index in [0.717, 1.165) is 17.0 Å².